The molecule has 4 nitrogen and oxygen atoms in total. The van der Waals surface area contributed by atoms with Crippen LogP contribution in [-0.2, 0) is 6.42 Å². The Labute approximate surface area is 146 Å². The summed E-state index contributed by atoms with van der Waals surface area (Å²) in [7, 11) is 0. The molecule has 0 aliphatic carbocycles. The summed E-state index contributed by atoms with van der Waals surface area (Å²) in [6, 6.07) is 20.9. The molecular formula is C21H20O4. The second-order valence-corrected chi connectivity index (χ2v) is 5.42. The number of phenols is 2. The molecule has 4 heteroatoms. The molecule has 0 aromatic heterocycles. The van der Waals surface area contributed by atoms with E-state index in [0.717, 1.165) is 17.5 Å². The van der Waals surface area contributed by atoms with Gasteiger partial charge in [0.25, 0.3) is 0 Å². The van der Waals surface area contributed by atoms with Crippen molar-refractivity contribution in [1.29, 1.82) is 0 Å². The zero-order valence-electron chi connectivity index (χ0n) is 13.9. The van der Waals surface area contributed by atoms with Crippen molar-refractivity contribution in [3.8, 4) is 22.6 Å². The van der Waals surface area contributed by atoms with Gasteiger partial charge in [0.1, 0.15) is 11.5 Å². The first-order valence-electron chi connectivity index (χ1n) is 7.91. The van der Waals surface area contributed by atoms with Crippen molar-refractivity contribution in [1.82, 2.24) is 0 Å². The fourth-order valence-electron chi connectivity index (χ4n) is 2.26. The number of aromatic hydroxyl groups is 2. The lowest BCUT2D eigenvalue weighted by Crippen LogP contribution is -1.95. The Morgan fingerprint density at radius 2 is 1.52 bits per heavy atom. The van der Waals surface area contributed by atoms with Crippen LogP contribution in [0.25, 0.3) is 11.1 Å². The maximum absolute atomic E-state index is 10.4. The van der Waals surface area contributed by atoms with E-state index >= 15 is 0 Å². The topological polar surface area (TPSA) is 77.8 Å². The van der Waals surface area contributed by atoms with Crippen molar-refractivity contribution in [2.45, 2.75) is 13.3 Å². The van der Waals surface area contributed by atoms with Crippen LogP contribution in [0.2, 0.25) is 0 Å². The smallest absolute Gasteiger partial charge is 0.335 e. The van der Waals surface area contributed by atoms with Crippen LogP contribution in [0.4, 0.5) is 0 Å². The van der Waals surface area contributed by atoms with Crippen LogP contribution < -0.4 is 0 Å². The molecule has 0 saturated carbocycles. The van der Waals surface area contributed by atoms with Crippen LogP contribution in [-0.4, -0.2) is 21.3 Å². The zero-order valence-corrected chi connectivity index (χ0v) is 13.9. The van der Waals surface area contributed by atoms with Crippen LogP contribution in [0.3, 0.4) is 0 Å². The lowest BCUT2D eigenvalue weighted by atomic mass is 10.0. The van der Waals surface area contributed by atoms with Gasteiger partial charge in [0, 0.05) is 5.56 Å². The summed E-state index contributed by atoms with van der Waals surface area (Å²) in [5.41, 5.74) is 3.05. The number of carbonyl (C=O) groups is 1. The fraction of sp³-hybridized carbons (Fsp3) is 0.0952. The molecule has 3 aromatic rings. The summed E-state index contributed by atoms with van der Waals surface area (Å²) in [6.07, 6.45) is 0.944. The van der Waals surface area contributed by atoms with Gasteiger partial charge in [-0.25, -0.2) is 4.79 Å². The first-order valence-corrected chi connectivity index (χ1v) is 7.91. The number of aryl methyl sites for hydroxylation is 1. The third-order valence-electron chi connectivity index (χ3n) is 3.67. The van der Waals surface area contributed by atoms with E-state index in [2.05, 4.69) is 0 Å². The Morgan fingerprint density at radius 3 is 2.08 bits per heavy atom. The van der Waals surface area contributed by atoms with E-state index in [1.165, 1.54) is 12.1 Å². The molecule has 3 aromatic carbocycles. The number of carboxylic acids is 1. The van der Waals surface area contributed by atoms with Crippen molar-refractivity contribution in [2.24, 2.45) is 0 Å². The predicted octanol–water partition coefficient (Wildman–Crippen LogP) is 4.71. The van der Waals surface area contributed by atoms with Gasteiger partial charge in [0.05, 0.1) is 5.56 Å². The maximum Gasteiger partial charge on any atom is 0.335 e. The minimum absolute atomic E-state index is 0.154. The number of carboxylic acid groups (broad SMARTS) is 1. The van der Waals surface area contributed by atoms with E-state index in [4.69, 9.17) is 5.11 Å². The summed E-state index contributed by atoms with van der Waals surface area (Å²) in [5.74, 6) is -0.539. The summed E-state index contributed by atoms with van der Waals surface area (Å²) in [6.45, 7) is 2.04. The van der Waals surface area contributed by atoms with Crippen LogP contribution in [0.5, 0.6) is 11.5 Å². The summed E-state index contributed by atoms with van der Waals surface area (Å²) < 4.78 is 0. The Morgan fingerprint density at radius 1 is 0.880 bits per heavy atom. The minimum Gasteiger partial charge on any atom is -0.508 e. The van der Waals surface area contributed by atoms with Gasteiger partial charge in [-0.3, -0.25) is 0 Å². The van der Waals surface area contributed by atoms with Crippen LogP contribution in [0.15, 0.2) is 72.8 Å². The second kappa shape index (κ2) is 8.55. The number of aromatic carboxylic acids is 1. The average Bonchev–Trinajstić information content (AvgIpc) is 2.65. The summed E-state index contributed by atoms with van der Waals surface area (Å²) in [5, 5.41) is 27.4. The molecule has 0 atom stereocenters. The van der Waals surface area contributed by atoms with E-state index in [0.29, 0.717) is 11.1 Å². The highest BCUT2D eigenvalue weighted by Crippen LogP contribution is 2.31. The highest BCUT2D eigenvalue weighted by atomic mass is 16.4. The molecule has 0 bridgehead atoms. The molecule has 3 rings (SSSR count). The zero-order chi connectivity index (χ0) is 18.2. The predicted molar refractivity (Wildman–Crippen MR) is 98.0 cm³/mol. The highest BCUT2D eigenvalue weighted by molar-refractivity contribution is 5.87. The number of hydrogen-bond donors (Lipinski definition) is 3. The van der Waals surface area contributed by atoms with E-state index in [9.17, 15) is 15.0 Å². The van der Waals surface area contributed by atoms with E-state index in [-0.39, 0.29) is 11.5 Å². The van der Waals surface area contributed by atoms with Crippen LogP contribution in [0.1, 0.15) is 22.8 Å². The van der Waals surface area contributed by atoms with E-state index < -0.39 is 5.97 Å². The number of phenolic OH excluding ortho intramolecular Hbond substituents is 2. The molecule has 3 N–H and O–H groups in total. The van der Waals surface area contributed by atoms with Gasteiger partial charge in [0.2, 0.25) is 0 Å². The van der Waals surface area contributed by atoms with Gasteiger partial charge in [-0.15, -0.1) is 0 Å². The van der Waals surface area contributed by atoms with Crippen molar-refractivity contribution in [3.05, 3.63) is 83.9 Å². The Hall–Kier alpha value is -3.27. The van der Waals surface area contributed by atoms with Gasteiger partial charge in [-0.2, -0.15) is 0 Å². The van der Waals surface area contributed by atoms with Crippen molar-refractivity contribution >= 4 is 5.97 Å². The molecular weight excluding hydrogens is 316 g/mol. The quantitative estimate of drug-likeness (QED) is 0.605. The molecule has 25 heavy (non-hydrogen) atoms. The highest BCUT2D eigenvalue weighted by Gasteiger charge is 2.04. The number of benzene rings is 3. The summed E-state index contributed by atoms with van der Waals surface area (Å²) >= 11 is 0. The molecule has 0 radical (unpaired) electrons. The summed E-state index contributed by atoms with van der Waals surface area (Å²) in [4.78, 5) is 10.4. The number of hydrogen-bond acceptors (Lipinski definition) is 3. The van der Waals surface area contributed by atoms with E-state index in [1.807, 2.05) is 49.4 Å². The normalized spacial score (nSPS) is 9.80. The SMILES string of the molecule is CCc1ccc(C(=O)O)cc1.Oc1ccc(O)c(-c2ccccc2)c1. The fourth-order valence-corrected chi connectivity index (χ4v) is 2.26. The largest absolute Gasteiger partial charge is 0.508 e. The average molecular weight is 336 g/mol. The monoisotopic (exact) mass is 336 g/mol. The first kappa shape index (κ1) is 18.1. The maximum atomic E-state index is 10.4. The number of rotatable bonds is 3. The second-order valence-electron chi connectivity index (χ2n) is 5.42. The van der Waals surface area contributed by atoms with Crippen LogP contribution in [0, 0.1) is 0 Å². The third-order valence-corrected chi connectivity index (χ3v) is 3.67. The Bertz CT molecular complexity index is 824. The van der Waals surface area contributed by atoms with E-state index in [1.54, 1.807) is 18.2 Å². The molecule has 0 fully saturated rings. The molecule has 0 aliphatic heterocycles. The van der Waals surface area contributed by atoms with Gasteiger partial charge in [-0.05, 0) is 47.9 Å². The lowest BCUT2D eigenvalue weighted by molar-refractivity contribution is 0.0697. The molecule has 0 saturated heterocycles. The third kappa shape index (κ3) is 5.11. The molecule has 128 valence electrons. The molecule has 0 unspecified atom stereocenters. The Kier molecular flexibility index (Phi) is 6.18. The van der Waals surface area contributed by atoms with Gasteiger partial charge < -0.3 is 15.3 Å². The molecule has 0 aliphatic rings. The molecule has 0 heterocycles. The first-order chi connectivity index (χ1) is 12.0. The van der Waals surface area contributed by atoms with Gasteiger partial charge >= 0.3 is 5.97 Å². The lowest BCUT2D eigenvalue weighted by Gasteiger charge is -2.04. The molecule has 0 amide bonds. The minimum atomic E-state index is -0.868. The van der Waals surface area contributed by atoms with Crippen molar-refractivity contribution in [2.75, 3.05) is 0 Å². The molecule has 0 spiro atoms. The van der Waals surface area contributed by atoms with Gasteiger partial charge in [-0.1, -0.05) is 49.4 Å². The Balaban J connectivity index is 0.000000186. The van der Waals surface area contributed by atoms with Gasteiger partial charge in [0.15, 0.2) is 0 Å². The van der Waals surface area contributed by atoms with Crippen molar-refractivity contribution < 1.29 is 20.1 Å². The standard InChI is InChI=1S/C12H10O2.C9H10O2/c13-10-6-7-12(14)11(8-10)9-4-2-1-3-5-9;1-2-7-3-5-8(6-4-7)9(10)11/h1-8,13-14H;3-6H,2H2,1H3,(H,10,11). The van der Waals surface area contributed by atoms with Crippen LogP contribution >= 0.6 is 0 Å². The van der Waals surface area contributed by atoms with Crippen molar-refractivity contribution in [3.63, 3.8) is 0 Å².